The van der Waals surface area contributed by atoms with Crippen LogP contribution in [-0.4, -0.2) is 9.35 Å². The summed E-state index contributed by atoms with van der Waals surface area (Å²) in [6.07, 6.45) is 0. The minimum absolute atomic E-state index is 0.0462. The Labute approximate surface area is 331 Å². The standard InChI is InChI=1S/C54H32N2O2/c57-53-41-11-3-1-9-33(41)17-19-39-29-35(21-25-43(39)53)37-23-27-47-45-13-5-7-15-49(45)55(51(47)31-37)56-50-16-8-6-14-46(50)48-28-24-38(32-52(48)56)36-22-26-44-40(30-36)20-18-34-10-2-4-12-42(34)54(44)58/h1-32H. The largest absolute Gasteiger partial charge is 0.289 e. The van der Waals surface area contributed by atoms with Gasteiger partial charge in [-0.3, -0.25) is 9.59 Å². The monoisotopic (exact) mass is 740 g/mol. The van der Waals surface area contributed by atoms with E-state index in [0.29, 0.717) is 10.8 Å². The van der Waals surface area contributed by atoms with E-state index in [0.717, 1.165) is 87.4 Å². The Balaban J connectivity index is 1.09. The third-order valence-electron chi connectivity index (χ3n) is 12.1. The van der Waals surface area contributed by atoms with Crippen molar-refractivity contribution in [1.82, 2.24) is 9.35 Å². The molecule has 0 unspecified atom stereocenters. The van der Waals surface area contributed by atoms with E-state index in [1.54, 1.807) is 0 Å². The highest BCUT2D eigenvalue weighted by Crippen LogP contribution is 2.39. The molecule has 0 aliphatic rings. The van der Waals surface area contributed by atoms with Crippen molar-refractivity contribution in [3.8, 4) is 22.3 Å². The first-order valence-corrected chi connectivity index (χ1v) is 19.6. The first kappa shape index (κ1) is 32.4. The second-order valence-corrected chi connectivity index (χ2v) is 15.2. The molecule has 12 aromatic rings. The highest BCUT2D eigenvalue weighted by atomic mass is 16.1. The lowest BCUT2D eigenvalue weighted by atomic mass is 10.0. The first-order chi connectivity index (χ1) is 28.6. The lowest BCUT2D eigenvalue weighted by Gasteiger charge is -2.14. The normalized spacial score (nSPS) is 11.9. The fourth-order valence-electron chi connectivity index (χ4n) is 9.21. The number of benzene rings is 8. The third-order valence-corrected chi connectivity index (χ3v) is 12.1. The van der Waals surface area contributed by atoms with E-state index in [2.05, 4.69) is 131 Å². The maximum Gasteiger partial charge on any atom is 0.194 e. The molecular weight excluding hydrogens is 709 g/mol. The maximum atomic E-state index is 13.6. The zero-order valence-corrected chi connectivity index (χ0v) is 31.2. The topological polar surface area (TPSA) is 44.0 Å². The number of hydrogen-bond acceptors (Lipinski definition) is 2. The summed E-state index contributed by atoms with van der Waals surface area (Å²) in [5.74, 6) is 0. The molecule has 4 nitrogen and oxygen atoms in total. The molecule has 58 heavy (non-hydrogen) atoms. The Morgan fingerprint density at radius 3 is 1.00 bits per heavy atom. The molecule has 0 N–H and O–H groups in total. The predicted octanol–water partition coefficient (Wildman–Crippen LogP) is 12.9. The molecule has 270 valence electrons. The fourth-order valence-corrected chi connectivity index (χ4v) is 9.21. The average molecular weight is 741 g/mol. The summed E-state index contributed by atoms with van der Waals surface area (Å²) in [6.45, 7) is 0. The van der Waals surface area contributed by atoms with Gasteiger partial charge in [-0.2, -0.15) is 0 Å². The van der Waals surface area contributed by atoms with Crippen molar-refractivity contribution in [2.24, 2.45) is 0 Å². The van der Waals surface area contributed by atoms with Gasteiger partial charge in [0.15, 0.2) is 10.9 Å². The third kappa shape index (κ3) is 4.76. The average Bonchev–Trinajstić information content (AvgIpc) is 3.67. The molecule has 12 rings (SSSR count). The van der Waals surface area contributed by atoms with Gasteiger partial charge in [0.05, 0.1) is 22.1 Å². The molecule has 0 atom stereocenters. The summed E-state index contributed by atoms with van der Waals surface area (Å²) < 4.78 is 4.73. The van der Waals surface area contributed by atoms with Gasteiger partial charge < -0.3 is 0 Å². The van der Waals surface area contributed by atoms with Crippen LogP contribution in [0.5, 0.6) is 0 Å². The first-order valence-electron chi connectivity index (χ1n) is 19.6. The van der Waals surface area contributed by atoms with Crippen LogP contribution in [0.3, 0.4) is 0 Å². The molecule has 2 aromatic heterocycles. The van der Waals surface area contributed by atoms with Crippen LogP contribution >= 0.6 is 0 Å². The van der Waals surface area contributed by atoms with Gasteiger partial charge in [-0.15, -0.1) is 0 Å². The van der Waals surface area contributed by atoms with E-state index in [9.17, 15) is 9.59 Å². The van der Waals surface area contributed by atoms with Crippen LogP contribution in [0, 0.1) is 0 Å². The van der Waals surface area contributed by atoms with Crippen LogP contribution in [0.2, 0.25) is 0 Å². The zero-order chi connectivity index (χ0) is 38.5. The van der Waals surface area contributed by atoms with Gasteiger partial charge in [0.2, 0.25) is 0 Å². The highest BCUT2D eigenvalue weighted by molar-refractivity contribution is 6.13. The van der Waals surface area contributed by atoms with Crippen molar-refractivity contribution in [3.63, 3.8) is 0 Å². The number of aromatic nitrogens is 2. The van der Waals surface area contributed by atoms with E-state index in [-0.39, 0.29) is 10.9 Å². The molecule has 0 saturated carbocycles. The van der Waals surface area contributed by atoms with E-state index >= 15 is 0 Å². The molecule has 0 saturated heterocycles. The van der Waals surface area contributed by atoms with Gasteiger partial charge in [-0.25, -0.2) is 9.35 Å². The lowest BCUT2D eigenvalue weighted by molar-refractivity contribution is 0.775. The molecule has 0 aliphatic heterocycles. The number of para-hydroxylation sites is 2. The Morgan fingerprint density at radius 1 is 0.241 bits per heavy atom. The number of fused-ring (bicyclic) bond motifs is 10. The van der Waals surface area contributed by atoms with Gasteiger partial charge in [0.25, 0.3) is 0 Å². The van der Waals surface area contributed by atoms with Gasteiger partial charge in [-0.05, 0) is 92.3 Å². The smallest absolute Gasteiger partial charge is 0.194 e. The van der Waals surface area contributed by atoms with Gasteiger partial charge in [0.1, 0.15) is 0 Å². The number of rotatable bonds is 3. The predicted molar refractivity (Wildman–Crippen MR) is 243 cm³/mol. The van der Waals surface area contributed by atoms with Crippen LogP contribution in [0.1, 0.15) is 0 Å². The summed E-state index contributed by atoms with van der Waals surface area (Å²) in [6, 6.07) is 66.8. The second-order valence-electron chi connectivity index (χ2n) is 15.2. The minimum atomic E-state index is 0.0462. The molecule has 2 heterocycles. The lowest BCUT2D eigenvalue weighted by Crippen LogP contribution is -2.08. The van der Waals surface area contributed by atoms with Gasteiger partial charge in [-0.1, -0.05) is 146 Å². The summed E-state index contributed by atoms with van der Waals surface area (Å²) in [5.41, 5.74) is 8.68. The van der Waals surface area contributed by atoms with Gasteiger partial charge in [0, 0.05) is 43.1 Å². The Kier molecular flexibility index (Phi) is 6.90. The Morgan fingerprint density at radius 2 is 0.552 bits per heavy atom. The number of hydrogen-bond donors (Lipinski definition) is 0. The van der Waals surface area contributed by atoms with Crippen LogP contribution in [0.15, 0.2) is 204 Å². The van der Waals surface area contributed by atoms with Crippen molar-refractivity contribution in [2.45, 2.75) is 0 Å². The number of nitrogens with zero attached hydrogens (tertiary/aromatic N) is 2. The summed E-state index contributed by atoms with van der Waals surface area (Å²) in [7, 11) is 0. The van der Waals surface area contributed by atoms with Crippen molar-refractivity contribution in [3.05, 3.63) is 215 Å². The zero-order valence-electron chi connectivity index (χ0n) is 31.2. The van der Waals surface area contributed by atoms with E-state index in [4.69, 9.17) is 0 Å². The Hall–Kier alpha value is -7.82. The van der Waals surface area contributed by atoms with E-state index < -0.39 is 0 Å². The molecule has 0 aliphatic carbocycles. The Bertz CT molecular complexity index is 3600. The molecule has 0 bridgehead atoms. The molecule has 4 heteroatoms. The SMILES string of the molecule is O=c1c2ccccc2ccc2cc(-c3ccc4c5ccccc5n(-n5c6ccccc6c6ccc(-c7ccc8c(=O)c9ccccc9ccc8c7)cc65)c4c3)ccc12. The van der Waals surface area contributed by atoms with Crippen LogP contribution in [0.25, 0.3) is 109 Å². The molecule has 0 radical (unpaired) electrons. The van der Waals surface area contributed by atoms with Gasteiger partial charge >= 0.3 is 0 Å². The summed E-state index contributed by atoms with van der Waals surface area (Å²) in [5, 5.41) is 11.2. The van der Waals surface area contributed by atoms with Crippen molar-refractivity contribution in [2.75, 3.05) is 0 Å². The van der Waals surface area contributed by atoms with E-state index in [1.807, 2.05) is 72.8 Å². The minimum Gasteiger partial charge on any atom is -0.289 e. The molecule has 0 amide bonds. The molecule has 0 fully saturated rings. The second kappa shape index (κ2) is 12.3. The van der Waals surface area contributed by atoms with E-state index in [1.165, 1.54) is 10.8 Å². The van der Waals surface area contributed by atoms with Crippen LogP contribution in [0.4, 0.5) is 0 Å². The summed E-state index contributed by atoms with van der Waals surface area (Å²) >= 11 is 0. The highest BCUT2D eigenvalue weighted by Gasteiger charge is 2.19. The molecule has 10 aromatic carbocycles. The van der Waals surface area contributed by atoms with Crippen molar-refractivity contribution >= 4 is 86.7 Å². The fraction of sp³-hybridized carbons (Fsp3) is 0. The van der Waals surface area contributed by atoms with Crippen molar-refractivity contribution < 1.29 is 0 Å². The molecule has 0 spiro atoms. The quantitative estimate of drug-likeness (QED) is 0.181. The van der Waals surface area contributed by atoms with Crippen LogP contribution in [-0.2, 0) is 0 Å². The summed E-state index contributed by atoms with van der Waals surface area (Å²) in [4.78, 5) is 27.2. The van der Waals surface area contributed by atoms with Crippen LogP contribution < -0.4 is 10.9 Å². The molecular formula is C54H32N2O2. The van der Waals surface area contributed by atoms with Crippen molar-refractivity contribution in [1.29, 1.82) is 0 Å². The maximum absolute atomic E-state index is 13.6.